The van der Waals surface area contributed by atoms with Gasteiger partial charge in [-0.2, -0.15) is 5.10 Å². The topological polar surface area (TPSA) is 84.7 Å². The Kier molecular flexibility index (Phi) is 5.17. The zero-order valence-corrected chi connectivity index (χ0v) is 18.0. The number of fused-ring (bicyclic) bond motifs is 2. The second-order valence-electron chi connectivity index (χ2n) is 7.44. The Morgan fingerprint density at radius 3 is 2.75 bits per heavy atom. The van der Waals surface area contributed by atoms with Crippen molar-refractivity contribution in [1.82, 2.24) is 25.2 Å². The fraction of sp³-hybridized carbons (Fsp3) is 0.0833. The minimum absolute atomic E-state index is 0.175. The first kappa shape index (κ1) is 20.0. The standard InChI is InChI=1S/C24H19ClN6O/c1-15-9-10-18(12-21(15)25)31-24-20(13-28-31)23(26-14-27-24)30-29-22(32)11-17-7-4-6-16-5-2-3-8-19(16)17/h2-10,12-14H,11H2,1H3,(H,29,32)(H,26,27,30). The Morgan fingerprint density at radius 1 is 1.03 bits per heavy atom. The molecule has 5 aromatic rings. The normalized spacial score (nSPS) is 11.1. The van der Waals surface area contributed by atoms with Crippen molar-refractivity contribution in [2.45, 2.75) is 13.3 Å². The number of carbonyl (C=O) groups excluding carboxylic acids is 1. The molecule has 158 valence electrons. The number of anilines is 1. The van der Waals surface area contributed by atoms with Crippen molar-refractivity contribution in [2.24, 2.45) is 0 Å². The summed E-state index contributed by atoms with van der Waals surface area (Å²) in [6.45, 7) is 1.94. The summed E-state index contributed by atoms with van der Waals surface area (Å²) in [4.78, 5) is 21.2. The van der Waals surface area contributed by atoms with Gasteiger partial charge in [0.15, 0.2) is 11.5 Å². The van der Waals surface area contributed by atoms with Crippen LogP contribution in [-0.4, -0.2) is 25.7 Å². The molecule has 2 aromatic heterocycles. The SMILES string of the molecule is Cc1ccc(-n2ncc3c(NNC(=O)Cc4cccc5ccccc45)ncnc32)cc1Cl. The van der Waals surface area contributed by atoms with E-state index in [9.17, 15) is 4.79 Å². The molecule has 0 bridgehead atoms. The number of nitrogens with zero attached hydrogens (tertiary/aromatic N) is 4. The van der Waals surface area contributed by atoms with Crippen LogP contribution < -0.4 is 10.9 Å². The monoisotopic (exact) mass is 442 g/mol. The van der Waals surface area contributed by atoms with Gasteiger partial charge in [0.05, 0.1) is 23.7 Å². The summed E-state index contributed by atoms with van der Waals surface area (Å²) in [5, 5.41) is 7.92. The molecule has 0 atom stereocenters. The first-order valence-electron chi connectivity index (χ1n) is 10.1. The van der Waals surface area contributed by atoms with Gasteiger partial charge >= 0.3 is 0 Å². The molecule has 7 nitrogen and oxygen atoms in total. The molecule has 5 rings (SSSR count). The molecule has 32 heavy (non-hydrogen) atoms. The van der Waals surface area contributed by atoms with Crippen molar-refractivity contribution in [3.8, 4) is 5.69 Å². The number of rotatable bonds is 5. The summed E-state index contributed by atoms with van der Waals surface area (Å²) in [5.74, 6) is 0.288. The molecule has 0 radical (unpaired) electrons. The van der Waals surface area contributed by atoms with E-state index in [0.29, 0.717) is 21.9 Å². The maximum absolute atomic E-state index is 12.6. The maximum atomic E-state index is 12.6. The maximum Gasteiger partial charge on any atom is 0.242 e. The molecule has 0 unspecified atom stereocenters. The van der Waals surface area contributed by atoms with Gasteiger partial charge < -0.3 is 0 Å². The average molecular weight is 443 g/mol. The largest absolute Gasteiger partial charge is 0.281 e. The Morgan fingerprint density at radius 2 is 1.88 bits per heavy atom. The molecule has 0 aliphatic rings. The van der Waals surface area contributed by atoms with Crippen molar-refractivity contribution < 1.29 is 4.79 Å². The molecule has 0 spiro atoms. The van der Waals surface area contributed by atoms with E-state index in [1.165, 1.54) is 6.33 Å². The van der Waals surface area contributed by atoms with Crippen LogP contribution in [0.4, 0.5) is 5.82 Å². The van der Waals surface area contributed by atoms with E-state index in [4.69, 9.17) is 11.6 Å². The summed E-state index contributed by atoms with van der Waals surface area (Å²) in [6.07, 6.45) is 3.32. The summed E-state index contributed by atoms with van der Waals surface area (Å²) in [5.41, 5.74) is 8.98. The highest BCUT2D eigenvalue weighted by Gasteiger charge is 2.13. The zero-order chi connectivity index (χ0) is 22.1. The van der Waals surface area contributed by atoms with E-state index in [0.717, 1.165) is 27.6 Å². The summed E-state index contributed by atoms with van der Waals surface area (Å²) >= 11 is 6.27. The number of hydrogen-bond acceptors (Lipinski definition) is 5. The summed E-state index contributed by atoms with van der Waals surface area (Å²) < 4.78 is 1.69. The molecule has 0 aliphatic heterocycles. The highest BCUT2D eigenvalue weighted by Crippen LogP contribution is 2.24. The van der Waals surface area contributed by atoms with Gasteiger partial charge in [0.2, 0.25) is 5.91 Å². The van der Waals surface area contributed by atoms with Gasteiger partial charge in [-0.25, -0.2) is 14.6 Å². The van der Waals surface area contributed by atoms with E-state index in [1.54, 1.807) is 10.9 Å². The number of carbonyl (C=O) groups is 1. The minimum Gasteiger partial charge on any atom is -0.281 e. The Bertz CT molecular complexity index is 1460. The minimum atomic E-state index is -0.175. The van der Waals surface area contributed by atoms with Crippen LogP contribution in [0.5, 0.6) is 0 Å². The molecular weight excluding hydrogens is 424 g/mol. The third-order valence-corrected chi connectivity index (χ3v) is 5.72. The molecule has 0 saturated heterocycles. The Hall–Kier alpha value is -3.97. The number of halogens is 1. The molecule has 3 aromatic carbocycles. The highest BCUT2D eigenvalue weighted by molar-refractivity contribution is 6.31. The number of nitrogens with one attached hydrogen (secondary N) is 2. The number of aryl methyl sites for hydroxylation is 1. The Labute approximate surface area is 189 Å². The van der Waals surface area contributed by atoms with E-state index in [2.05, 4.69) is 25.9 Å². The van der Waals surface area contributed by atoms with Crippen LogP contribution in [0.2, 0.25) is 5.02 Å². The predicted octanol–water partition coefficient (Wildman–Crippen LogP) is 4.62. The van der Waals surface area contributed by atoms with E-state index in [-0.39, 0.29) is 12.3 Å². The lowest BCUT2D eigenvalue weighted by Crippen LogP contribution is -2.31. The first-order valence-corrected chi connectivity index (χ1v) is 10.4. The molecule has 2 N–H and O–H groups in total. The van der Waals surface area contributed by atoms with Crippen LogP contribution in [0, 0.1) is 6.92 Å². The van der Waals surface area contributed by atoms with Crippen molar-refractivity contribution >= 4 is 45.1 Å². The summed E-state index contributed by atoms with van der Waals surface area (Å²) in [6, 6.07) is 19.7. The molecule has 0 aliphatic carbocycles. The molecular formula is C24H19ClN6O. The number of aromatic nitrogens is 4. The van der Waals surface area contributed by atoms with Gasteiger partial charge in [0.1, 0.15) is 6.33 Å². The van der Waals surface area contributed by atoms with Crippen LogP contribution in [0.25, 0.3) is 27.5 Å². The van der Waals surface area contributed by atoms with Crippen LogP contribution in [-0.2, 0) is 11.2 Å². The first-order chi connectivity index (χ1) is 15.6. The van der Waals surface area contributed by atoms with Crippen molar-refractivity contribution in [1.29, 1.82) is 0 Å². The predicted molar refractivity (Wildman–Crippen MR) is 126 cm³/mol. The zero-order valence-electron chi connectivity index (χ0n) is 17.2. The second kappa shape index (κ2) is 8.28. The lowest BCUT2D eigenvalue weighted by molar-refractivity contribution is -0.119. The van der Waals surface area contributed by atoms with Gasteiger partial charge in [0.25, 0.3) is 0 Å². The van der Waals surface area contributed by atoms with Gasteiger partial charge in [0, 0.05) is 5.02 Å². The van der Waals surface area contributed by atoms with Gasteiger partial charge in [-0.1, -0.05) is 60.1 Å². The Balaban J connectivity index is 1.36. The second-order valence-corrected chi connectivity index (χ2v) is 7.84. The average Bonchev–Trinajstić information content (AvgIpc) is 3.25. The molecule has 0 saturated carbocycles. The van der Waals surface area contributed by atoms with Gasteiger partial charge in [-0.3, -0.25) is 15.6 Å². The molecule has 2 heterocycles. The van der Waals surface area contributed by atoms with Crippen molar-refractivity contribution in [2.75, 3.05) is 5.43 Å². The fourth-order valence-electron chi connectivity index (χ4n) is 3.64. The summed E-state index contributed by atoms with van der Waals surface area (Å²) in [7, 11) is 0. The van der Waals surface area contributed by atoms with E-state index in [1.807, 2.05) is 67.6 Å². The quantitative estimate of drug-likeness (QED) is 0.388. The smallest absolute Gasteiger partial charge is 0.242 e. The lowest BCUT2D eigenvalue weighted by atomic mass is 10.0. The van der Waals surface area contributed by atoms with Crippen LogP contribution >= 0.6 is 11.6 Å². The third-order valence-electron chi connectivity index (χ3n) is 5.32. The third kappa shape index (κ3) is 3.74. The number of amides is 1. The molecule has 8 heteroatoms. The number of hydrazine groups is 1. The highest BCUT2D eigenvalue weighted by atomic mass is 35.5. The number of hydrogen-bond donors (Lipinski definition) is 2. The molecule has 1 amide bonds. The van der Waals surface area contributed by atoms with E-state index >= 15 is 0 Å². The number of benzene rings is 3. The van der Waals surface area contributed by atoms with Gasteiger partial charge in [-0.05, 0) is 41.0 Å². The van der Waals surface area contributed by atoms with Crippen molar-refractivity contribution in [3.63, 3.8) is 0 Å². The van der Waals surface area contributed by atoms with E-state index < -0.39 is 0 Å². The van der Waals surface area contributed by atoms with Crippen LogP contribution in [0.1, 0.15) is 11.1 Å². The van der Waals surface area contributed by atoms with Crippen LogP contribution in [0.3, 0.4) is 0 Å². The van der Waals surface area contributed by atoms with Crippen LogP contribution in [0.15, 0.2) is 73.2 Å². The fourth-order valence-corrected chi connectivity index (χ4v) is 3.81. The van der Waals surface area contributed by atoms with Gasteiger partial charge in [-0.15, -0.1) is 0 Å². The lowest BCUT2D eigenvalue weighted by Gasteiger charge is -2.10. The molecule has 0 fully saturated rings. The van der Waals surface area contributed by atoms with Crippen molar-refractivity contribution in [3.05, 3.63) is 89.3 Å².